The van der Waals surface area contributed by atoms with Crippen molar-refractivity contribution in [2.45, 2.75) is 0 Å². The van der Waals surface area contributed by atoms with Gasteiger partial charge in [-0.1, -0.05) is 22.0 Å². The highest BCUT2D eigenvalue weighted by Gasteiger charge is 2.08. The Morgan fingerprint density at radius 1 is 1.10 bits per heavy atom. The summed E-state index contributed by atoms with van der Waals surface area (Å²) in [5, 5.41) is 5.49. The largest absolute Gasteiger partial charge is 0.373 e. The van der Waals surface area contributed by atoms with E-state index >= 15 is 0 Å². The van der Waals surface area contributed by atoms with E-state index in [-0.39, 0.29) is 18.1 Å². The number of halogens is 3. The maximum absolute atomic E-state index is 13.5. The number of carbonyl (C=O) groups is 1. The fourth-order valence-corrected chi connectivity index (χ4v) is 2.32. The van der Waals surface area contributed by atoms with Gasteiger partial charge in [0.15, 0.2) is 0 Å². The van der Waals surface area contributed by atoms with Gasteiger partial charge < -0.3 is 10.6 Å². The molecule has 1 amide bonds. The van der Waals surface area contributed by atoms with Crippen molar-refractivity contribution < 1.29 is 9.18 Å². The van der Waals surface area contributed by atoms with Crippen molar-refractivity contribution in [2.75, 3.05) is 17.2 Å². The van der Waals surface area contributed by atoms with Gasteiger partial charge in [-0.05, 0) is 52.3 Å². The van der Waals surface area contributed by atoms with Crippen molar-refractivity contribution in [1.29, 1.82) is 0 Å². The van der Waals surface area contributed by atoms with Crippen LogP contribution in [-0.2, 0) is 4.79 Å². The van der Waals surface area contributed by atoms with Gasteiger partial charge in [-0.15, -0.1) is 0 Å². The predicted molar refractivity (Wildman–Crippen MR) is 85.4 cm³/mol. The molecule has 0 saturated carbocycles. The summed E-state index contributed by atoms with van der Waals surface area (Å²) in [7, 11) is 0. The second-order valence-electron chi connectivity index (χ2n) is 4.01. The maximum atomic E-state index is 13.5. The van der Waals surface area contributed by atoms with Crippen LogP contribution in [0.4, 0.5) is 15.8 Å². The Morgan fingerprint density at radius 2 is 1.80 bits per heavy atom. The topological polar surface area (TPSA) is 41.1 Å². The van der Waals surface area contributed by atoms with Gasteiger partial charge >= 0.3 is 0 Å². The molecule has 2 rings (SSSR count). The van der Waals surface area contributed by atoms with Crippen LogP contribution in [-0.4, -0.2) is 12.5 Å². The standard InChI is InChI=1S/C14H11Br2FN2O/c15-9-4-6-10(7-5-9)19-13(20)8-18-14-11(16)2-1-3-12(14)17/h1-7,18H,8H2,(H,19,20). The summed E-state index contributed by atoms with van der Waals surface area (Å²) < 4.78 is 15.1. The molecule has 104 valence electrons. The molecule has 0 heterocycles. The molecule has 0 atom stereocenters. The number of carbonyl (C=O) groups excluding carboxylic acids is 1. The van der Waals surface area contributed by atoms with Crippen molar-refractivity contribution in [3.05, 3.63) is 57.2 Å². The fourth-order valence-electron chi connectivity index (χ4n) is 1.57. The van der Waals surface area contributed by atoms with Crippen LogP contribution in [0.5, 0.6) is 0 Å². The van der Waals surface area contributed by atoms with Crippen LogP contribution in [0, 0.1) is 5.82 Å². The first kappa shape index (κ1) is 15.0. The molecule has 0 aliphatic carbocycles. The zero-order valence-corrected chi connectivity index (χ0v) is 13.5. The van der Waals surface area contributed by atoms with Crippen LogP contribution in [0.15, 0.2) is 51.4 Å². The minimum absolute atomic E-state index is 0.0183. The summed E-state index contributed by atoms with van der Waals surface area (Å²) in [6.45, 7) is -0.0183. The first-order valence-corrected chi connectivity index (χ1v) is 7.38. The van der Waals surface area contributed by atoms with Crippen LogP contribution in [0.3, 0.4) is 0 Å². The summed E-state index contributed by atoms with van der Waals surface area (Å²) in [5.41, 5.74) is 0.964. The molecule has 0 unspecified atom stereocenters. The average molecular weight is 402 g/mol. The zero-order chi connectivity index (χ0) is 14.5. The second-order valence-corrected chi connectivity index (χ2v) is 5.78. The quantitative estimate of drug-likeness (QED) is 0.797. The zero-order valence-electron chi connectivity index (χ0n) is 10.3. The monoisotopic (exact) mass is 400 g/mol. The van der Waals surface area contributed by atoms with Gasteiger partial charge in [0.05, 0.1) is 12.2 Å². The summed E-state index contributed by atoms with van der Waals surface area (Å²) in [5.74, 6) is -0.654. The molecule has 0 bridgehead atoms. The highest BCUT2D eigenvalue weighted by atomic mass is 79.9. The number of nitrogens with one attached hydrogen (secondary N) is 2. The lowest BCUT2D eigenvalue weighted by atomic mass is 10.3. The van der Waals surface area contributed by atoms with Crippen molar-refractivity contribution in [1.82, 2.24) is 0 Å². The lowest BCUT2D eigenvalue weighted by molar-refractivity contribution is -0.114. The van der Waals surface area contributed by atoms with E-state index in [0.29, 0.717) is 10.2 Å². The number of para-hydroxylation sites is 1. The van der Waals surface area contributed by atoms with E-state index in [9.17, 15) is 9.18 Å². The smallest absolute Gasteiger partial charge is 0.243 e. The molecule has 0 aliphatic rings. The first-order valence-electron chi connectivity index (χ1n) is 5.79. The van der Waals surface area contributed by atoms with Gasteiger partial charge in [0, 0.05) is 14.6 Å². The Morgan fingerprint density at radius 3 is 2.45 bits per heavy atom. The van der Waals surface area contributed by atoms with Gasteiger partial charge in [-0.25, -0.2) is 4.39 Å². The fraction of sp³-hybridized carbons (Fsp3) is 0.0714. The molecule has 0 aromatic heterocycles. The van der Waals surface area contributed by atoms with Crippen molar-refractivity contribution >= 4 is 49.1 Å². The summed E-state index contributed by atoms with van der Waals surface area (Å²) in [4.78, 5) is 11.8. The Kier molecular flexibility index (Phi) is 5.14. The molecule has 6 heteroatoms. The predicted octanol–water partition coefficient (Wildman–Crippen LogP) is 4.40. The first-order chi connectivity index (χ1) is 9.56. The number of benzene rings is 2. The molecule has 20 heavy (non-hydrogen) atoms. The molecule has 2 N–H and O–H groups in total. The Bertz CT molecular complexity index is 597. The van der Waals surface area contributed by atoms with Crippen LogP contribution in [0.2, 0.25) is 0 Å². The number of amides is 1. The van der Waals surface area contributed by atoms with Crippen molar-refractivity contribution in [3.63, 3.8) is 0 Å². The minimum Gasteiger partial charge on any atom is -0.373 e. The molecule has 2 aromatic carbocycles. The lowest BCUT2D eigenvalue weighted by Gasteiger charge is -2.10. The summed E-state index contributed by atoms with van der Waals surface area (Å²) >= 11 is 6.55. The van der Waals surface area contributed by atoms with Gasteiger partial charge in [-0.2, -0.15) is 0 Å². The molecule has 0 spiro atoms. The molecule has 0 saturated heterocycles. The van der Waals surface area contributed by atoms with Crippen LogP contribution in [0.25, 0.3) is 0 Å². The van der Waals surface area contributed by atoms with Crippen LogP contribution >= 0.6 is 31.9 Å². The lowest BCUT2D eigenvalue weighted by Crippen LogP contribution is -2.22. The average Bonchev–Trinajstić information content (AvgIpc) is 2.41. The molecule has 3 nitrogen and oxygen atoms in total. The molecule has 2 aromatic rings. The van der Waals surface area contributed by atoms with E-state index in [0.717, 1.165) is 4.47 Å². The van der Waals surface area contributed by atoms with Crippen LogP contribution < -0.4 is 10.6 Å². The van der Waals surface area contributed by atoms with Gasteiger partial charge in [-0.3, -0.25) is 4.79 Å². The number of hydrogen-bond acceptors (Lipinski definition) is 2. The Labute approximate surface area is 132 Å². The molecule has 0 radical (unpaired) electrons. The van der Waals surface area contributed by atoms with Crippen molar-refractivity contribution in [2.24, 2.45) is 0 Å². The SMILES string of the molecule is O=C(CNc1c(F)cccc1Br)Nc1ccc(Br)cc1. The van der Waals surface area contributed by atoms with Gasteiger partial charge in [0.2, 0.25) is 5.91 Å². The molecule has 0 aliphatic heterocycles. The molecule has 0 fully saturated rings. The number of hydrogen-bond donors (Lipinski definition) is 2. The van der Waals surface area contributed by atoms with E-state index in [4.69, 9.17) is 0 Å². The minimum atomic E-state index is -0.407. The third-order valence-electron chi connectivity index (χ3n) is 2.52. The van der Waals surface area contributed by atoms with Gasteiger partial charge in [0.1, 0.15) is 5.82 Å². The molecular weight excluding hydrogens is 391 g/mol. The Balaban J connectivity index is 1.94. The highest BCUT2D eigenvalue weighted by Crippen LogP contribution is 2.24. The van der Waals surface area contributed by atoms with Gasteiger partial charge in [0.25, 0.3) is 0 Å². The normalized spacial score (nSPS) is 10.2. The highest BCUT2D eigenvalue weighted by molar-refractivity contribution is 9.10. The third-order valence-corrected chi connectivity index (χ3v) is 3.71. The van der Waals surface area contributed by atoms with Crippen LogP contribution in [0.1, 0.15) is 0 Å². The summed E-state index contributed by atoms with van der Waals surface area (Å²) in [6, 6.07) is 11.8. The second kappa shape index (κ2) is 6.85. The van der Waals surface area contributed by atoms with E-state index in [1.165, 1.54) is 6.07 Å². The third kappa shape index (κ3) is 4.05. The van der Waals surface area contributed by atoms with E-state index in [2.05, 4.69) is 42.5 Å². The maximum Gasteiger partial charge on any atom is 0.243 e. The van der Waals surface area contributed by atoms with Crippen molar-refractivity contribution in [3.8, 4) is 0 Å². The van der Waals surface area contributed by atoms with E-state index in [1.807, 2.05) is 12.1 Å². The number of rotatable bonds is 4. The summed E-state index contributed by atoms with van der Waals surface area (Å²) in [6.07, 6.45) is 0. The number of anilines is 2. The van der Waals surface area contributed by atoms with E-state index in [1.54, 1.807) is 24.3 Å². The molecular formula is C14H11Br2FN2O. The Hall–Kier alpha value is -1.40. The van der Waals surface area contributed by atoms with E-state index < -0.39 is 5.82 Å².